The topological polar surface area (TPSA) is 39.1 Å². The van der Waals surface area contributed by atoms with Gasteiger partial charge in [0.15, 0.2) is 0 Å². The molecule has 17 heavy (non-hydrogen) atoms. The fraction of sp³-hybridized carbons (Fsp3) is 0.929. The van der Waals surface area contributed by atoms with Crippen molar-refractivity contribution in [1.29, 1.82) is 5.26 Å². The Kier molecular flexibility index (Phi) is 5.94. The Labute approximate surface area is 106 Å². The molecule has 0 aliphatic heterocycles. The van der Waals surface area contributed by atoms with Crippen LogP contribution in [0.3, 0.4) is 0 Å². The molecule has 1 N–H and O–H groups in total. The Bertz CT molecular complexity index is 255. The van der Waals surface area contributed by atoms with Gasteiger partial charge in [0.1, 0.15) is 5.54 Å². The summed E-state index contributed by atoms with van der Waals surface area (Å²) in [5.41, 5.74) is -0.338. The maximum Gasteiger partial charge on any atom is 0.103 e. The van der Waals surface area contributed by atoms with Crippen molar-refractivity contribution in [3.8, 4) is 6.07 Å². The molecule has 0 aromatic rings. The second kappa shape index (κ2) is 6.98. The number of rotatable bonds is 9. The van der Waals surface area contributed by atoms with E-state index in [4.69, 9.17) is 5.26 Å². The normalized spacial score (nSPS) is 19.0. The van der Waals surface area contributed by atoms with E-state index in [0.717, 1.165) is 18.9 Å². The van der Waals surface area contributed by atoms with Gasteiger partial charge in [-0.3, -0.25) is 0 Å². The monoisotopic (exact) mass is 237 g/mol. The third-order valence-corrected chi connectivity index (χ3v) is 3.74. The Morgan fingerprint density at radius 2 is 2.06 bits per heavy atom. The standard InChI is InChI=1S/C14H27N3/c1-4-10-17(13-7-8-13)11-6-5-9-14(2,12-15)16-3/h13,16H,4-11H2,1-3H3. The Morgan fingerprint density at radius 3 is 2.53 bits per heavy atom. The minimum atomic E-state index is -0.338. The minimum absolute atomic E-state index is 0.338. The van der Waals surface area contributed by atoms with E-state index in [2.05, 4.69) is 23.2 Å². The van der Waals surface area contributed by atoms with Gasteiger partial charge in [-0.2, -0.15) is 5.26 Å². The van der Waals surface area contributed by atoms with E-state index < -0.39 is 0 Å². The maximum atomic E-state index is 9.05. The Hall–Kier alpha value is -0.590. The van der Waals surface area contributed by atoms with Gasteiger partial charge in [0.25, 0.3) is 0 Å². The summed E-state index contributed by atoms with van der Waals surface area (Å²) in [6.07, 6.45) is 7.35. The van der Waals surface area contributed by atoms with Crippen molar-refractivity contribution in [2.45, 2.75) is 64.0 Å². The second-order valence-electron chi connectivity index (χ2n) is 5.42. The van der Waals surface area contributed by atoms with Gasteiger partial charge in [-0.1, -0.05) is 6.92 Å². The van der Waals surface area contributed by atoms with Gasteiger partial charge in [-0.25, -0.2) is 0 Å². The fourth-order valence-electron chi connectivity index (χ4n) is 2.23. The largest absolute Gasteiger partial charge is 0.303 e. The summed E-state index contributed by atoms with van der Waals surface area (Å²) in [7, 11) is 1.87. The molecule has 0 amide bonds. The lowest BCUT2D eigenvalue weighted by Gasteiger charge is -2.23. The van der Waals surface area contributed by atoms with Crippen LogP contribution in [0.2, 0.25) is 0 Å². The van der Waals surface area contributed by atoms with Crippen LogP contribution >= 0.6 is 0 Å². The molecular weight excluding hydrogens is 210 g/mol. The maximum absolute atomic E-state index is 9.05. The Balaban J connectivity index is 2.16. The molecule has 0 spiro atoms. The zero-order chi connectivity index (χ0) is 12.7. The molecule has 1 saturated carbocycles. The summed E-state index contributed by atoms with van der Waals surface area (Å²) in [6, 6.07) is 3.23. The number of nitriles is 1. The van der Waals surface area contributed by atoms with Crippen molar-refractivity contribution in [2.75, 3.05) is 20.1 Å². The van der Waals surface area contributed by atoms with Gasteiger partial charge in [-0.15, -0.1) is 0 Å². The van der Waals surface area contributed by atoms with Crippen LogP contribution in [0.1, 0.15) is 52.4 Å². The average molecular weight is 237 g/mol. The zero-order valence-corrected chi connectivity index (χ0v) is 11.6. The molecule has 1 aliphatic rings. The molecule has 1 aliphatic carbocycles. The van der Waals surface area contributed by atoms with Crippen molar-refractivity contribution in [3.05, 3.63) is 0 Å². The molecule has 1 unspecified atom stereocenters. The van der Waals surface area contributed by atoms with Gasteiger partial charge < -0.3 is 10.2 Å². The predicted octanol–water partition coefficient (Wildman–Crippen LogP) is 2.53. The summed E-state index contributed by atoms with van der Waals surface area (Å²) in [5.74, 6) is 0. The molecule has 0 radical (unpaired) electrons. The highest BCUT2D eigenvalue weighted by Crippen LogP contribution is 2.27. The number of nitrogens with one attached hydrogen (secondary N) is 1. The molecule has 3 nitrogen and oxygen atoms in total. The molecule has 1 fully saturated rings. The van der Waals surface area contributed by atoms with Crippen LogP contribution in [0.4, 0.5) is 0 Å². The number of hydrogen-bond donors (Lipinski definition) is 1. The first kappa shape index (κ1) is 14.5. The molecule has 0 saturated heterocycles. The van der Waals surface area contributed by atoms with Crippen LogP contribution in [-0.4, -0.2) is 36.6 Å². The van der Waals surface area contributed by atoms with Crippen LogP contribution in [0.15, 0.2) is 0 Å². The molecule has 1 rings (SSSR count). The molecule has 98 valence electrons. The summed E-state index contributed by atoms with van der Waals surface area (Å²) < 4.78 is 0. The molecule has 0 bridgehead atoms. The third kappa shape index (κ3) is 5.06. The summed E-state index contributed by atoms with van der Waals surface area (Å²) in [4.78, 5) is 2.63. The first-order chi connectivity index (χ1) is 8.15. The van der Waals surface area contributed by atoms with Gasteiger partial charge >= 0.3 is 0 Å². The van der Waals surface area contributed by atoms with Crippen molar-refractivity contribution in [1.82, 2.24) is 10.2 Å². The second-order valence-corrected chi connectivity index (χ2v) is 5.42. The first-order valence-electron chi connectivity index (χ1n) is 6.99. The lowest BCUT2D eigenvalue weighted by molar-refractivity contribution is 0.254. The SMILES string of the molecule is CCCN(CCCCC(C)(C#N)NC)C1CC1. The van der Waals surface area contributed by atoms with Crippen LogP contribution in [0, 0.1) is 11.3 Å². The highest BCUT2D eigenvalue weighted by Gasteiger charge is 2.28. The highest BCUT2D eigenvalue weighted by atomic mass is 15.2. The predicted molar refractivity (Wildman–Crippen MR) is 71.8 cm³/mol. The highest BCUT2D eigenvalue weighted by molar-refractivity contribution is 5.02. The molecule has 0 aromatic heterocycles. The van der Waals surface area contributed by atoms with Crippen LogP contribution in [0.25, 0.3) is 0 Å². The van der Waals surface area contributed by atoms with Crippen LogP contribution in [0.5, 0.6) is 0 Å². The van der Waals surface area contributed by atoms with Crippen molar-refractivity contribution >= 4 is 0 Å². The summed E-state index contributed by atoms with van der Waals surface area (Å²) >= 11 is 0. The fourth-order valence-corrected chi connectivity index (χ4v) is 2.23. The Morgan fingerprint density at radius 1 is 1.35 bits per heavy atom. The smallest absolute Gasteiger partial charge is 0.103 e. The van der Waals surface area contributed by atoms with E-state index in [0.29, 0.717) is 0 Å². The van der Waals surface area contributed by atoms with E-state index in [1.807, 2.05) is 14.0 Å². The van der Waals surface area contributed by atoms with E-state index in [1.165, 1.54) is 38.8 Å². The van der Waals surface area contributed by atoms with Gasteiger partial charge in [0.2, 0.25) is 0 Å². The van der Waals surface area contributed by atoms with Gasteiger partial charge in [-0.05, 0) is 65.6 Å². The van der Waals surface area contributed by atoms with Crippen LogP contribution in [-0.2, 0) is 0 Å². The zero-order valence-electron chi connectivity index (χ0n) is 11.6. The number of hydrogen-bond acceptors (Lipinski definition) is 3. The molecule has 0 heterocycles. The van der Waals surface area contributed by atoms with E-state index >= 15 is 0 Å². The van der Waals surface area contributed by atoms with Gasteiger partial charge in [0, 0.05) is 6.04 Å². The minimum Gasteiger partial charge on any atom is -0.303 e. The summed E-state index contributed by atoms with van der Waals surface area (Å²) in [5, 5.41) is 12.2. The molecule has 3 heteroatoms. The van der Waals surface area contributed by atoms with Crippen molar-refractivity contribution < 1.29 is 0 Å². The number of unbranched alkanes of at least 4 members (excludes halogenated alkanes) is 1. The molecule has 0 aromatic carbocycles. The van der Waals surface area contributed by atoms with Gasteiger partial charge in [0.05, 0.1) is 6.07 Å². The van der Waals surface area contributed by atoms with Crippen molar-refractivity contribution in [3.63, 3.8) is 0 Å². The van der Waals surface area contributed by atoms with E-state index in [9.17, 15) is 0 Å². The third-order valence-electron chi connectivity index (χ3n) is 3.74. The van der Waals surface area contributed by atoms with Crippen molar-refractivity contribution in [2.24, 2.45) is 0 Å². The lowest BCUT2D eigenvalue weighted by atomic mass is 9.97. The molecule has 1 atom stereocenters. The molecular formula is C14H27N3. The quantitative estimate of drug-likeness (QED) is 0.626. The lowest BCUT2D eigenvalue weighted by Crippen LogP contribution is -2.38. The summed E-state index contributed by atoms with van der Waals surface area (Å²) in [6.45, 7) is 6.69. The van der Waals surface area contributed by atoms with Crippen LogP contribution < -0.4 is 5.32 Å². The number of nitrogens with zero attached hydrogens (tertiary/aromatic N) is 2. The average Bonchev–Trinajstić information content (AvgIpc) is 3.17. The first-order valence-corrected chi connectivity index (χ1v) is 6.99. The van der Waals surface area contributed by atoms with E-state index in [-0.39, 0.29) is 5.54 Å². The van der Waals surface area contributed by atoms with E-state index in [1.54, 1.807) is 0 Å².